The molecule has 0 fully saturated rings. The predicted molar refractivity (Wildman–Crippen MR) is 106 cm³/mol. The first kappa shape index (κ1) is 18.9. The molecular formula is C21H25N3O3. The van der Waals surface area contributed by atoms with Crippen molar-refractivity contribution < 1.29 is 9.47 Å². The van der Waals surface area contributed by atoms with E-state index < -0.39 is 0 Å². The van der Waals surface area contributed by atoms with Crippen LogP contribution < -0.4 is 20.3 Å². The van der Waals surface area contributed by atoms with Crippen LogP contribution in [-0.2, 0) is 6.54 Å². The Morgan fingerprint density at radius 1 is 1.07 bits per heavy atom. The summed E-state index contributed by atoms with van der Waals surface area (Å²) in [4.78, 5) is 19.9. The lowest BCUT2D eigenvalue weighted by Gasteiger charge is -2.22. The molecule has 6 heteroatoms. The zero-order chi connectivity index (χ0) is 19.4. The van der Waals surface area contributed by atoms with Crippen LogP contribution in [-0.4, -0.2) is 24.2 Å². The lowest BCUT2D eigenvalue weighted by atomic mass is 9.96. The molecule has 3 aromatic rings. The number of hydrogen-bond donors (Lipinski definition) is 2. The van der Waals surface area contributed by atoms with Crippen LogP contribution in [0.25, 0.3) is 10.9 Å². The Labute approximate surface area is 158 Å². The van der Waals surface area contributed by atoms with Gasteiger partial charge in [-0.2, -0.15) is 0 Å². The van der Waals surface area contributed by atoms with Gasteiger partial charge in [0.25, 0.3) is 5.56 Å². The van der Waals surface area contributed by atoms with E-state index in [1.807, 2.05) is 18.2 Å². The number of methoxy groups -OCH3 is 2. The molecule has 0 aliphatic carbocycles. The number of rotatable bonds is 7. The highest BCUT2D eigenvalue weighted by Gasteiger charge is 2.16. The van der Waals surface area contributed by atoms with E-state index in [0.29, 0.717) is 40.7 Å². The third-order valence-electron chi connectivity index (χ3n) is 4.57. The third-order valence-corrected chi connectivity index (χ3v) is 4.57. The van der Waals surface area contributed by atoms with E-state index in [9.17, 15) is 4.79 Å². The number of benzene rings is 2. The van der Waals surface area contributed by atoms with Crippen LogP contribution in [0.1, 0.15) is 31.3 Å². The van der Waals surface area contributed by atoms with Crippen LogP contribution in [0, 0.1) is 5.92 Å². The molecule has 0 aliphatic heterocycles. The molecule has 0 bridgehead atoms. The van der Waals surface area contributed by atoms with E-state index in [1.54, 1.807) is 26.4 Å². The number of ether oxygens (including phenoxy) is 2. The third kappa shape index (κ3) is 4.11. The highest BCUT2D eigenvalue weighted by Crippen LogP contribution is 2.30. The molecule has 6 nitrogen and oxygen atoms in total. The molecule has 3 rings (SSSR count). The fourth-order valence-corrected chi connectivity index (χ4v) is 3.20. The van der Waals surface area contributed by atoms with Crippen molar-refractivity contribution >= 4 is 10.9 Å². The molecule has 1 heterocycles. The molecule has 1 aromatic heterocycles. The van der Waals surface area contributed by atoms with Crippen LogP contribution in [0.5, 0.6) is 11.5 Å². The minimum atomic E-state index is -0.196. The Bertz CT molecular complexity index is 968. The van der Waals surface area contributed by atoms with Crippen LogP contribution >= 0.6 is 0 Å². The number of nitrogens with zero attached hydrogens (tertiary/aromatic N) is 1. The number of nitrogens with one attached hydrogen (secondary N) is 2. The maximum atomic E-state index is 12.5. The first-order chi connectivity index (χ1) is 13.0. The maximum absolute atomic E-state index is 12.5. The molecule has 0 aliphatic rings. The second kappa shape index (κ2) is 8.22. The average Bonchev–Trinajstić information content (AvgIpc) is 2.67. The number of aromatic amines is 1. The Kier molecular flexibility index (Phi) is 5.76. The van der Waals surface area contributed by atoms with Gasteiger partial charge in [0.15, 0.2) is 11.5 Å². The summed E-state index contributed by atoms with van der Waals surface area (Å²) < 4.78 is 10.6. The number of aromatic nitrogens is 2. The molecule has 2 aromatic carbocycles. The Balaban J connectivity index is 1.89. The topological polar surface area (TPSA) is 76.2 Å². The highest BCUT2D eigenvalue weighted by molar-refractivity contribution is 5.81. The molecule has 2 N–H and O–H groups in total. The quantitative estimate of drug-likeness (QED) is 0.669. The van der Waals surface area contributed by atoms with E-state index in [-0.39, 0.29) is 11.6 Å². The van der Waals surface area contributed by atoms with Crippen LogP contribution in [0.15, 0.2) is 47.3 Å². The van der Waals surface area contributed by atoms with Gasteiger partial charge in [-0.3, -0.25) is 4.79 Å². The van der Waals surface area contributed by atoms with Crippen molar-refractivity contribution in [2.24, 2.45) is 5.92 Å². The molecule has 0 unspecified atom stereocenters. The Morgan fingerprint density at radius 2 is 1.74 bits per heavy atom. The summed E-state index contributed by atoms with van der Waals surface area (Å²) in [7, 11) is 3.10. The van der Waals surface area contributed by atoms with Gasteiger partial charge >= 0.3 is 0 Å². The van der Waals surface area contributed by atoms with Gasteiger partial charge in [-0.05, 0) is 17.5 Å². The van der Waals surface area contributed by atoms with Crippen molar-refractivity contribution in [3.05, 3.63) is 64.2 Å². The van der Waals surface area contributed by atoms with E-state index in [4.69, 9.17) is 9.47 Å². The van der Waals surface area contributed by atoms with Crippen LogP contribution in [0.2, 0.25) is 0 Å². The lowest BCUT2D eigenvalue weighted by Crippen LogP contribution is -2.27. The molecule has 27 heavy (non-hydrogen) atoms. The molecule has 142 valence electrons. The van der Waals surface area contributed by atoms with E-state index in [0.717, 1.165) is 0 Å². The molecular weight excluding hydrogens is 342 g/mol. The fourth-order valence-electron chi connectivity index (χ4n) is 3.20. The van der Waals surface area contributed by atoms with Gasteiger partial charge in [0, 0.05) is 12.1 Å². The number of H-pyrrole nitrogens is 1. The lowest BCUT2D eigenvalue weighted by molar-refractivity contribution is 0.355. The van der Waals surface area contributed by atoms with Crippen LogP contribution in [0.4, 0.5) is 0 Å². The zero-order valence-corrected chi connectivity index (χ0v) is 16.1. The predicted octanol–water partition coefficient (Wildman–Crippen LogP) is 3.43. The first-order valence-corrected chi connectivity index (χ1v) is 8.96. The summed E-state index contributed by atoms with van der Waals surface area (Å²) >= 11 is 0. The zero-order valence-electron chi connectivity index (χ0n) is 16.1. The maximum Gasteiger partial charge on any atom is 0.258 e. The standard InChI is InChI=1S/C21H25N3O3/c1-13(2)20(14-8-6-5-7-9-14)22-12-19-23-16-11-18(27-4)17(26-3)10-15(16)21(25)24-19/h5-11,13,20,22H,12H2,1-4H3,(H,23,24,25)/t20-/m1/s1. The van der Waals surface area contributed by atoms with Gasteiger partial charge in [-0.15, -0.1) is 0 Å². The van der Waals surface area contributed by atoms with E-state index in [2.05, 4.69) is 41.3 Å². The summed E-state index contributed by atoms with van der Waals surface area (Å²) in [6.45, 7) is 4.79. The highest BCUT2D eigenvalue weighted by atomic mass is 16.5. The summed E-state index contributed by atoms with van der Waals surface area (Å²) in [6, 6.07) is 13.8. The molecule has 0 spiro atoms. The van der Waals surface area contributed by atoms with Gasteiger partial charge in [-0.25, -0.2) is 4.98 Å². The fraction of sp³-hybridized carbons (Fsp3) is 0.333. The largest absolute Gasteiger partial charge is 0.493 e. The van der Waals surface area contributed by atoms with E-state index in [1.165, 1.54) is 5.56 Å². The average molecular weight is 367 g/mol. The van der Waals surface area contributed by atoms with Gasteiger partial charge in [0.1, 0.15) is 5.82 Å². The first-order valence-electron chi connectivity index (χ1n) is 8.96. The summed E-state index contributed by atoms with van der Waals surface area (Å²) in [6.07, 6.45) is 0. The number of hydrogen-bond acceptors (Lipinski definition) is 5. The molecule has 1 atom stereocenters. The Morgan fingerprint density at radius 3 is 2.37 bits per heavy atom. The summed E-state index contributed by atoms with van der Waals surface area (Å²) in [5.41, 5.74) is 1.59. The second-order valence-electron chi connectivity index (χ2n) is 6.75. The van der Waals surface area contributed by atoms with E-state index >= 15 is 0 Å². The summed E-state index contributed by atoms with van der Waals surface area (Å²) in [5.74, 6) is 2.03. The SMILES string of the molecule is COc1cc2nc(CN[C@@H](c3ccccc3)C(C)C)[nH]c(=O)c2cc1OC. The van der Waals surface area contributed by atoms with Crippen LogP contribution in [0.3, 0.4) is 0 Å². The van der Waals surface area contributed by atoms with Gasteiger partial charge < -0.3 is 19.8 Å². The van der Waals surface area contributed by atoms with Crippen molar-refractivity contribution in [3.63, 3.8) is 0 Å². The minimum absolute atomic E-state index is 0.164. The molecule has 0 saturated heterocycles. The van der Waals surface area contributed by atoms with Crippen molar-refractivity contribution in [1.29, 1.82) is 0 Å². The van der Waals surface area contributed by atoms with Crippen molar-refractivity contribution in [2.75, 3.05) is 14.2 Å². The van der Waals surface area contributed by atoms with Crippen molar-refractivity contribution in [1.82, 2.24) is 15.3 Å². The normalized spacial score (nSPS) is 12.3. The monoisotopic (exact) mass is 367 g/mol. The molecule has 0 amide bonds. The Hall–Kier alpha value is -2.86. The van der Waals surface area contributed by atoms with Crippen molar-refractivity contribution in [2.45, 2.75) is 26.4 Å². The smallest absolute Gasteiger partial charge is 0.258 e. The summed E-state index contributed by atoms with van der Waals surface area (Å²) in [5, 5.41) is 3.98. The van der Waals surface area contributed by atoms with Crippen molar-refractivity contribution in [3.8, 4) is 11.5 Å². The second-order valence-corrected chi connectivity index (χ2v) is 6.75. The van der Waals surface area contributed by atoms with Gasteiger partial charge in [0.05, 0.1) is 31.7 Å². The molecule has 0 saturated carbocycles. The van der Waals surface area contributed by atoms with Gasteiger partial charge in [0.2, 0.25) is 0 Å². The van der Waals surface area contributed by atoms with Gasteiger partial charge in [-0.1, -0.05) is 44.2 Å². The number of fused-ring (bicyclic) bond motifs is 1. The molecule has 0 radical (unpaired) electrons. The minimum Gasteiger partial charge on any atom is -0.493 e.